The van der Waals surface area contributed by atoms with Gasteiger partial charge >= 0.3 is 0 Å². The molecule has 2 aromatic carbocycles. The number of nitrogens with one attached hydrogen (secondary N) is 1. The van der Waals surface area contributed by atoms with Crippen molar-refractivity contribution in [3.8, 4) is 11.5 Å². The predicted molar refractivity (Wildman–Crippen MR) is 91.8 cm³/mol. The normalized spacial score (nSPS) is 11.2. The van der Waals surface area contributed by atoms with E-state index in [2.05, 4.69) is 4.72 Å². The lowest BCUT2D eigenvalue weighted by atomic mass is 10.3. The number of benzene rings is 2. The highest BCUT2D eigenvalue weighted by Crippen LogP contribution is 2.35. The molecule has 0 saturated heterocycles. The minimum Gasteiger partial charge on any atom is -0.495 e. The summed E-state index contributed by atoms with van der Waals surface area (Å²) in [7, 11) is -1.18. The van der Waals surface area contributed by atoms with Crippen LogP contribution in [0.4, 0.5) is 5.69 Å². The number of sulfonamides is 1. The molecule has 1 N–H and O–H groups in total. The van der Waals surface area contributed by atoms with Crippen LogP contribution in [-0.4, -0.2) is 22.6 Å². The molecule has 0 aliphatic heterocycles. The average Bonchev–Trinajstić information content (AvgIpc) is 2.48. The first kappa shape index (κ1) is 18.0. The Morgan fingerprint density at radius 2 is 1.57 bits per heavy atom. The molecular weight excluding hydrogens is 385 g/mol. The maximum atomic E-state index is 12.6. The van der Waals surface area contributed by atoms with Crippen LogP contribution in [0.3, 0.4) is 0 Å². The molecule has 0 aromatic heterocycles. The number of rotatable bonds is 5. The van der Waals surface area contributed by atoms with Crippen LogP contribution in [0.5, 0.6) is 11.5 Å². The maximum Gasteiger partial charge on any atom is 0.263 e. The summed E-state index contributed by atoms with van der Waals surface area (Å²) in [4.78, 5) is -0.188. The predicted octanol–water partition coefficient (Wildman–Crippen LogP) is 4.46. The topological polar surface area (TPSA) is 64.6 Å². The Morgan fingerprint density at radius 1 is 0.913 bits per heavy atom. The van der Waals surface area contributed by atoms with Crippen LogP contribution >= 0.6 is 34.8 Å². The standard InChI is InChI=1S/C14H12Cl3NO4S/c1-21-12-4-3-8(15)5-11(12)18-23(19,20)14-7-9(16)13(22-2)6-10(14)17/h3-7,18H,1-2H3. The molecule has 0 spiro atoms. The lowest BCUT2D eigenvalue weighted by Gasteiger charge is -2.14. The van der Waals surface area contributed by atoms with Crippen LogP contribution < -0.4 is 14.2 Å². The van der Waals surface area contributed by atoms with Gasteiger partial charge in [0.1, 0.15) is 16.4 Å². The number of methoxy groups -OCH3 is 2. The third kappa shape index (κ3) is 3.95. The molecule has 5 nitrogen and oxygen atoms in total. The second-order valence-electron chi connectivity index (χ2n) is 4.37. The Balaban J connectivity index is 2.48. The highest BCUT2D eigenvalue weighted by atomic mass is 35.5. The quantitative estimate of drug-likeness (QED) is 0.810. The molecule has 0 aliphatic carbocycles. The lowest BCUT2D eigenvalue weighted by molar-refractivity contribution is 0.414. The zero-order valence-corrected chi connectivity index (χ0v) is 15.1. The fourth-order valence-corrected chi connectivity index (χ4v) is 3.92. The van der Waals surface area contributed by atoms with Crippen LogP contribution in [0.25, 0.3) is 0 Å². The molecular formula is C14H12Cl3NO4S. The van der Waals surface area contributed by atoms with E-state index in [-0.39, 0.29) is 26.4 Å². The minimum atomic E-state index is -4.00. The Morgan fingerprint density at radius 3 is 2.17 bits per heavy atom. The number of ether oxygens (including phenoxy) is 2. The van der Waals surface area contributed by atoms with Crippen LogP contribution in [0.1, 0.15) is 0 Å². The van der Waals surface area contributed by atoms with Crippen LogP contribution in [-0.2, 0) is 10.0 Å². The van der Waals surface area contributed by atoms with E-state index in [0.29, 0.717) is 10.8 Å². The van der Waals surface area contributed by atoms with E-state index < -0.39 is 10.0 Å². The molecule has 0 bridgehead atoms. The molecule has 0 saturated carbocycles. The van der Waals surface area contributed by atoms with Crippen molar-refractivity contribution in [2.45, 2.75) is 4.90 Å². The highest BCUT2D eigenvalue weighted by molar-refractivity contribution is 7.92. The van der Waals surface area contributed by atoms with Crippen molar-refractivity contribution in [1.29, 1.82) is 0 Å². The average molecular weight is 397 g/mol. The zero-order valence-electron chi connectivity index (χ0n) is 12.1. The van der Waals surface area contributed by atoms with Crippen molar-refractivity contribution in [3.05, 3.63) is 45.4 Å². The van der Waals surface area contributed by atoms with Crippen molar-refractivity contribution in [2.75, 3.05) is 18.9 Å². The molecule has 0 atom stereocenters. The SMILES string of the molecule is COc1cc(Cl)c(S(=O)(=O)Nc2cc(Cl)ccc2OC)cc1Cl. The van der Waals surface area contributed by atoms with Gasteiger partial charge in [-0.3, -0.25) is 4.72 Å². The van der Waals surface area contributed by atoms with Gasteiger partial charge in [-0.15, -0.1) is 0 Å². The van der Waals surface area contributed by atoms with Crippen LogP contribution in [0, 0.1) is 0 Å². The molecule has 0 heterocycles. The third-order valence-electron chi connectivity index (χ3n) is 2.90. The van der Waals surface area contributed by atoms with Gasteiger partial charge in [-0.05, 0) is 24.3 Å². The van der Waals surface area contributed by atoms with Gasteiger partial charge in [-0.25, -0.2) is 8.42 Å². The first-order valence-corrected chi connectivity index (χ1v) is 8.79. The van der Waals surface area contributed by atoms with E-state index in [1.165, 1.54) is 32.4 Å². The molecule has 23 heavy (non-hydrogen) atoms. The van der Waals surface area contributed by atoms with Crippen molar-refractivity contribution in [1.82, 2.24) is 0 Å². The van der Waals surface area contributed by atoms with E-state index in [1.807, 2.05) is 0 Å². The van der Waals surface area contributed by atoms with Crippen molar-refractivity contribution in [3.63, 3.8) is 0 Å². The Kier molecular flexibility index (Phi) is 5.52. The molecule has 0 aliphatic rings. The van der Waals surface area contributed by atoms with Gasteiger partial charge in [-0.1, -0.05) is 34.8 Å². The van der Waals surface area contributed by atoms with Gasteiger partial charge in [0.05, 0.1) is 30.0 Å². The van der Waals surface area contributed by atoms with Crippen LogP contribution in [0.15, 0.2) is 35.2 Å². The summed E-state index contributed by atoms with van der Waals surface area (Å²) in [5.74, 6) is 0.588. The Bertz CT molecular complexity index is 840. The summed E-state index contributed by atoms with van der Waals surface area (Å²) >= 11 is 17.9. The van der Waals surface area contributed by atoms with Crippen molar-refractivity contribution in [2.24, 2.45) is 0 Å². The minimum absolute atomic E-state index is 0.0280. The third-order valence-corrected chi connectivity index (χ3v) is 5.26. The molecule has 0 amide bonds. The maximum absolute atomic E-state index is 12.6. The second-order valence-corrected chi connectivity index (χ2v) is 7.27. The van der Waals surface area contributed by atoms with Gasteiger partial charge in [0.25, 0.3) is 10.0 Å². The lowest BCUT2D eigenvalue weighted by Crippen LogP contribution is -2.14. The summed E-state index contributed by atoms with van der Waals surface area (Å²) in [6, 6.07) is 7.09. The van der Waals surface area contributed by atoms with Crippen molar-refractivity contribution >= 4 is 50.5 Å². The highest BCUT2D eigenvalue weighted by Gasteiger charge is 2.22. The fraction of sp³-hybridized carbons (Fsp3) is 0.143. The molecule has 2 aromatic rings. The Labute approximate surface area is 149 Å². The first-order chi connectivity index (χ1) is 10.8. The number of halogens is 3. The van der Waals surface area contributed by atoms with E-state index in [1.54, 1.807) is 12.1 Å². The van der Waals surface area contributed by atoms with E-state index in [0.717, 1.165) is 0 Å². The monoisotopic (exact) mass is 395 g/mol. The molecule has 124 valence electrons. The second kappa shape index (κ2) is 7.05. The number of anilines is 1. The van der Waals surface area contributed by atoms with E-state index >= 15 is 0 Å². The summed E-state index contributed by atoms with van der Waals surface area (Å²) in [5, 5.41) is 0.442. The summed E-state index contributed by atoms with van der Waals surface area (Å²) in [6.07, 6.45) is 0. The molecule has 0 fully saturated rings. The first-order valence-electron chi connectivity index (χ1n) is 6.18. The zero-order chi connectivity index (χ0) is 17.2. The molecule has 9 heteroatoms. The van der Waals surface area contributed by atoms with Gasteiger partial charge in [0.2, 0.25) is 0 Å². The summed E-state index contributed by atoms with van der Waals surface area (Å²) < 4.78 is 37.6. The van der Waals surface area contributed by atoms with E-state index in [9.17, 15) is 8.42 Å². The molecule has 0 unspecified atom stereocenters. The van der Waals surface area contributed by atoms with Crippen molar-refractivity contribution < 1.29 is 17.9 Å². The van der Waals surface area contributed by atoms with Gasteiger partial charge in [0, 0.05) is 11.1 Å². The van der Waals surface area contributed by atoms with E-state index in [4.69, 9.17) is 44.3 Å². The summed E-state index contributed by atoms with van der Waals surface area (Å²) in [6.45, 7) is 0. The summed E-state index contributed by atoms with van der Waals surface area (Å²) in [5.41, 5.74) is 0.183. The molecule has 2 rings (SSSR count). The number of hydrogen-bond donors (Lipinski definition) is 1. The van der Waals surface area contributed by atoms with Crippen LogP contribution in [0.2, 0.25) is 15.1 Å². The fourth-order valence-electron chi connectivity index (χ4n) is 1.83. The smallest absolute Gasteiger partial charge is 0.263 e. The largest absolute Gasteiger partial charge is 0.495 e. The molecule has 0 radical (unpaired) electrons. The number of hydrogen-bond acceptors (Lipinski definition) is 4. The Hall–Kier alpha value is -1.34. The van der Waals surface area contributed by atoms with Gasteiger partial charge in [0.15, 0.2) is 0 Å². The van der Waals surface area contributed by atoms with Gasteiger partial charge < -0.3 is 9.47 Å². The van der Waals surface area contributed by atoms with Gasteiger partial charge in [-0.2, -0.15) is 0 Å².